The molecule has 0 heterocycles. The van der Waals surface area contributed by atoms with Crippen molar-refractivity contribution in [2.24, 2.45) is 0 Å². The van der Waals surface area contributed by atoms with Crippen molar-refractivity contribution in [2.75, 3.05) is 6.26 Å². The van der Waals surface area contributed by atoms with E-state index in [-0.39, 0.29) is 5.78 Å². The van der Waals surface area contributed by atoms with Crippen LogP contribution in [0.3, 0.4) is 0 Å². The molecular weight excluding hydrogens is 228 g/mol. The van der Waals surface area contributed by atoms with Crippen LogP contribution in [-0.2, 0) is 0 Å². The lowest BCUT2D eigenvalue weighted by molar-refractivity contribution is 0.103. The number of hydrogen-bond donors (Lipinski definition) is 0. The van der Waals surface area contributed by atoms with Gasteiger partial charge in [-0.25, -0.2) is 0 Å². The fraction of sp³-hybridized carbons (Fsp3) is 0.133. The Bertz CT molecular complexity index is 512. The molecular formula is C15H14OS. The van der Waals surface area contributed by atoms with Crippen molar-refractivity contribution in [1.29, 1.82) is 0 Å². The van der Waals surface area contributed by atoms with Gasteiger partial charge in [-0.2, -0.15) is 0 Å². The molecule has 0 aromatic heterocycles. The van der Waals surface area contributed by atoms with E-state index in [9.17, 15) is 4.79 Å². The van der Waals surface area contributed by atoms with Crippen molar-refractivity contribution >= 4 is 17.5 Å². The van der Waals surface area contributed by atoms with Gasteiger partial charge in [0.15, 0.2) is 5.78 Å². The predicted molar refractivity (Wildman–Crippen MR) is 72.8 cm³/mol. The smallest absolute Gasteiger partial charge is 0.193 e. The fourth-order valence-electron chi connectivity index (χ4n) is 1.61. The molecule has 2 heteroatoms. The molecule has 0 saturated carbocycles. The van der Waals surface area contributed by atoms with Gasteiger partial charge in [0.25, 0.3) is 0 Å². The third-order valence-electron chi connectivity index (χ3n) is 2.67. The maximum absolute atomic E-state index is 12.2. The van der Waals surface area contributed by atoms with Gasteiger partial charge in [0.2, 0.25) is 0 Å². The monoisotopic (exact) mass is 242 g/mol. The number of carbonyl (C=O) groups excluding carboxylic acids is 1. The summed E-state index contributed by atoms with van der Waals surface area (Å²) in [4.78, 5) is 13.3. The molecule has 86 valence electrons. The zero-order valence-corrected chi connectivity index (χ0v) is 10.8. The van der Waals surface area contributed by atoms with E-state index in [1.54, 1.807) is 11.8 Å². The quantitative estimate of drug-likeness (QED) is 0.599. The molecule has 0 fully saturated rings. The number of thioether (sulfide) groups is 1. The van der Waals surface area contributed by atoms with Crippen LogP contribution in [0, 0.1) is 6.92 Å². The highest BCUT2D eigenvalue weighted by molar-refractivity contribution is 7.98. The molecule has 0 aliphatic rings. The number of carbonyl (C=O) groups is 1. The highest BCUT2D eigenvalue weighted by Gasteiger charge is 2.08. The zero-order chi connectivity index (χ0) is 12.3. The van der Waals surface area contributed by atoms with Gasteiger partial charge in [0.05, 0.1) is 0 Å². The van der Waals surface area contributed by atoms with Crippen LogP contribution in [0.4, 0.5) is 0 Å². The van der Waals surface area contributed by atoms with Crippen LogP contribution in [0.5, 0.6) is 0 Å². The third kappa shape index (κ3) is 2.77. The van der Waals surface area contributed by atoms with E-state index in [4.69, 9.17) is 0 Å². The Hall–Kier alpha value is -1.54. The minimum Gasteiger partial charge on any atom is -0.289 e. The summed E-state index contributed by atoms with van der Waals surface area (Å²) in [5, 5.41) is 0. The molecule has 0 N–H and O–H groups in total. The minimum atomic E-state index is 0.0812. The van der Waals surface area contributed by atoms with E-state index in [0.29, 0.717) is 0 Å². The van der Waals surface area contributed by atoms with E-state index in [1.165, 1.54) is 10.5 Å². The largest absolute Gasteiger partial charge is 0.289 e. The van der Waals surface area contributed by atoms with Crippen molar-refractivity contribution in [3.8, 4) is 0 Å². The minimum absolute atomic E-state index is 0.0812. The first-order valence-electron chi connectivity index (χ1n) is 5.46. The average molecular weight is 242 g/mol. The first-order chi connectivity index (χ1) is 8.20. The summed E-state index contributed by atoms with van der Waals surface area (Å²) in [6, 6.07) is 15.4. The maximum Gasteiger partial charge on any atom is 0.193 e. The summed E-state index contributed by atoms with van der Waals surface area (Å²) < 4.78 is 0. The molecule has 0 radical (unpaired) electrons. The lowest BCUT2D eigenvalue weighted by Gasteiger charge is -2.02. The van der Waals surface area contributed by atoms with Crippen molar-refractivity contribution in [1.82, 2.24) is 0 Å². The van der Waals surface area contributed by atoms with E-state index in [1.807, 2.05) is 61.7 Å². The second-order valence-corrected chi connectivity index (χ2v) is 4.80. The molecule has 1 nitrogen and oxygen atoms in total. The molecule has 0 spiro atoms. The van der Waals surface area contributed by atoms with Gasteiger partial charge in [-0.1, -0.05) is 29.8 Å². The van der Waals surface area contributed by atoms with E-state index in [0.717, 1.165) is 11.1 Å². The van der Waals surface area contributed by atoms with Crippen LogP contribution in [0.2, 0.25) is 0 Å². The summed E-state index contributed by atoms with van der Waals surface area (Å²) in [7, 11) is 0. The standard InChI is InChI=1S/C15H14OS/c1-11-3-5-12(6-4-11)15(16)13-7-9-14(17-2)10-8-13/h3-10H,1-2H3. The highest BCUT2D eigenvalue weighted by atomic mass is 32.2. The van der Waals surface area contributed by atoms with Crippen LogP contribution in [0.1, 0.15) is 21.5 Å². The molecule has 0 bridgehead atoms. The van der Waals surface area contributed by atoms with Crippen LogP contribution >= 0.6 is 11.8 Å². The van der Waals surface area contributed by atoms with Gasteiger partial charge in [-0.15, -0.1) is 11.8 Å². The summed E-state index contributed by atoms with van der Waals surface area (Å²) in [5.74, 6) is 0.0812. The number of aryl methyl sites for hydroxylation is 1. The first kappa shape index (κ1) is 11.9. The zero-order valence-electron chi connectivity index (χ0n) is 9.94. The Balaban J connectivity index is 2.27. The summed E-state index contributed by atoms with van der Waals surface area (Å²) >= 11 is 1.68. The van der Waals surface area contributed by atoms with Crippen LogP contribution in [0.25, 0.3) is 0 Å². The van der Waals surface area contributed by atoms with Crippen LogP contribution in [0.15, 0.2) is 53.4 Å². The Labute approximate surface area is 106 Å². The van der Waals surface area contributed by atoms with E-state index >= 15 is 0 Å². The SMILES string of the molecule is CSc1ccc(C(=O)c2ccc(C)cc2)cc1. The molecule has 17 heavy (non-hydrogen) atoms. The van der Waals surface area contributed by atoms with Crippen LogP contribution in [-0.4, -0.2) is 12.0 Å². The highest BCUT2D eigenvalue weighted by Crippen LogP contribution is 2.17. The Morgan fingerprint density at radius 2 is 1.35 bits per heavy atom. The number of benzene rings is 2. The number of hydrogen-bond acceptors (Lipinski definition) is 2. The first-order valence-corrected chi connectivity index (χ1v) is 6.68. The Morgan fingerprint density at radius 3 is 1.82 bits per heavy atom. The van der Waals surface area contributed by atoms with Crippen molar-refractivity contribution in [3.63, 3.8) is 0 Å². The summed E-state index contributed by atoms with van der Waals surface area (Å²) in [6.07, 6.45) is 2.02. The molecule has 0 amide bonds. The summed E-state index contributed by atoms with van der Waals surface area (Å²) in [6.45, 7) is 2.02. The van der Waals surface area contributed by atoms with Crippen molar-refractivity contribution in [2.45, 2.75) is 11.8 Å². The van der Waals surface area contributed by atoms with E-state index < -0.39 is 0 Å². The van der Waals surface area contributed by atoms with Gasteiger partial charge >= 0.3 is 0 Å². The Morgan fingerprint density at radius 1 is 0.882 bits per heavy atom. The lowest BCUT2D eigenvalue weighted by Crippen LogP contribution is -2.00. The molecule has 0 saturated heterocycles. The van der Waals surface area contributed by atoms with Crippen LogP contribution < -0.4 is 0 Å². The topological polar surface area (TPSA) is 17.1 Å². The van der Waals surface area contributed by atoms with Crippen molar-refractivity contribution in [3.05, 3.63) is 65.2 Å². The van der Waals surface area contributed by atoms with Gasteiger partial charge in [-0.3, -0.25) is 4.79 Å². The number of rotatable bonds is 3. The fourth-order valence-corrected chi connectivity index (χ4v) is 2.02. The van der Waals surface area contributed by atoms with Gasteiger partial charge < -0.3 is 0 Å². The predicted octanol–water partition coefficient (Wildman–Crippen LogP) is 3.95. The van der Waals surface area contributed by atoms with Gasteiger partial charge in [0.1, 0.15) is 0 Å². The second-order valence-electron chi connectivity index (χ2n) is 3.92. The van der Waals surface area contributed by atoms with Gasteiger partial charge in [-0.05, 0) is 37.4 Å². The lowest BCUT2D eigenvalue weighted by atomic mass is 10.0. The Kier molecular flexibility index (Phi) is 3.64. The summed E-state index contributed by atoms with van der Waals surface area (Å²) in [5.41, 5.74) is 2.65. The molecule has 2 rings (SSSR count). The molecule has 2 aromatic rings. The molecule has 0 unspecified atom stereocenters. The third-order valence-corrected chi connectivity index (χ3v) is 3.41. The van der Waals surface area contributed by atoms with Crippen molar-refractivity contribution < 1.29 is 4.79 Å². The normalized spacial score (nSPS) is 10.2. The molecule has 0 atom stereocenters. The number of ketones is 1. The second kappa shape index (κ2) is 5.19. The maximum atomic E-state index is 12.2. The van der Waals surface area contributed by atoms with E-state index in [2.05, 4.69) is 0 Å². The average Bonchev–Trinajstić information content (AvgIpc) is 2.39. The molecule has 2 aromatic carbocycles. The van der Waals surface area contributed by atoms with Gasteiger partial charge in [0, 0.05) is 16.0 Å². The molecule has 0 aliphatic heterocycles. The molecule has 0 aliphatic carbocycles.